The molecular weight excluding hydrogens is 262 g/mol. The molecule has 4 nitrogen and oxygen atoms in total. The SMILES string of the molecule is CCN(Cc1nccn1C(F)F)C1CC2CCC(C1)N2. The zero-order chi connectivity index (χ0) is 14.1. The first-order valence-corrected chi connectivity index (χ1v) is 7.47. The van der Waals surface area contributed by atoms with E-state index in [1.807, 2.05) is 0 Å². The van der Waals surface area contributed by atoms with Crippen molar-refractivity contribution in [2.24, 2.45) is 0 Å². The molecule has 3 rings (SSSR count). The Hall–Kier alpha value is -1.01. The van der Waals surface area contributed by atoms with Crippen LogP contribution in [0.3, 0.4) is 0 Å². The van der Waals surface area contributed by atoms with Crippen molar-refractivity contribution in [1.29, 1.82) is 0 Å². The highest BCUT2D eigenvalue weighted by molar-refractivity contribution is 4.98. The van der Waals surface area contributed by atoms with Gasteiger partial charge in [-0.3, -0.25) is 9.47 Å². The molecule has 2 fully saturated rings. The number of imidazole rings is 1. The summed E-state index contributed by atoms with van der Waals surface area (Å²) in [6.07, 6.45) is 7.58. The number of piperidine rings is 1. The van der Waals surface area contributed by atoms with Crippen molar-refractivity contribution in [1.82, 2.24) is 19.8 Å². The molecule has 0 aliphatic carbocycles. The lowest BCUT2D eigenvalue weighted by Crippen LogP contribution is -2.48. The Bertz CT molecular complexity index is 436. The summed E-state index contributed by atoms with van der Waals surface area (Å²) >= 11 is 0. The topological polar surface area (TPSA) is 33.1 Å². The van der Waals surface area contributed by atoms with E-state index in [9.17, 15) is 8.78 Å². The van der Waals surface area contributed by atoms with Gasteiger partial charge >= 0.3 is 6.55 Å². The molecule has 6 heteroatoms. The smallest absolute Gasteiger partial charge is 0.311 e. The number of fused-ring (bicyclic) bond motifs is 2. The fourth-order valence-corrected chi connectivity index (χ4v) is 3.65. The summed E-state index contributed by atoms with van der Waals surface area (Å²) in [5.41, 5.74) is 0. The molecule has 3 heterocycles. The second-order valence-electron chi connectivity index (χ2n) is 5.85. The van der Waals surface area contributed by atoms with Crippen molar-refractivity contribution in [2.75, 3.05) is 6.54 Å². The molecule has 0 aromatic carbocycles. The molecule has 0 amide bonds. The molecule has 0 spiro atoms. The van der Waals surface area contributed by atoms with Gasteiger partial charge in [-0.15, -0.1) is 0 Å². The van der Waals surface area contributed by atoms with Gasteiger partial charge in [0.05, 0.1) is 6.54 Å². The molecule has 2 aliphatic heterocycles. The molecule has 2 unspecified atom stereocenters. The Kier molecular flexibility index (Phi) is 4.03. The highest BCUT2D eigenvalue weighted by Gasteiger charge is 2.35. The molecule has 2 atom stereocenters. The number of hydrogen-bond donors (Lipinski definition) is 1. The Balaban J connectivity index is 1.69. The van der Waals surface area contributed by atoms with Crippen molar-refractivity contribution in [2.45, 2.75) is 63.8 Å². The molecular formula is C14H22F2N4. The largest absolute Gasteiger partial charge is 0.319 e. The third-order valence-corrected chi connectivity index (χ3v) is 4.67. The summed E-state index contributed by atoms with van der Waals surface area (Å²) in [4.78, 5) is 6.40. The number of aromatic nitrogens is 2. The fourth-order valence-electron chi connectivity index (χ4n) is 3.65. The molecule has 1 N–H and O–H groups in total. The average Bonchev–Trinajstić information content (AvgIpc) is 3.02. The van der Waals surface area contributed by atoms with Crippen LogP contribution in [0.2, 0.25) is 0 Å². The normalized spacial score (nSPS) is 29.6. The third-order valence-electron chi connectivity index (χ3n) is 4.67. The lowest BCUT2D eigenvalue weighted by Gasteiger charge is -2.37. The molecule has 2 saturated heterocycles. The standard InChI is InChI=1S/C14H22F2N4/c1-2-19(9-13-17-5-6-20(13)14(15)16)12-7-10-3-4-11(8-12)18-10/h5-6,10-12,14,18H,2-4,7-9H2,1H3. The van der Waals surface area contributed by atoms with Crippen LogP contribution in [0, 0.1) is 0 Å². The van der Waals surface area contributed by atoms with Crippen LogP contribution in [0.1, 0.15) is 45.0 Å². The van der Waals surface area contributed by atoms with Gasteiger partial charge in [0, 0.05) is 30.5 Å². The summed E-state index contributed by atoms with van der Waals surface area (Å²) in [7, 11) is 0. The Labute approximate surface area is 118 Å². The first-order valence-electron chi connectivity index (χ1n) is 7.47. The van der Waals surface area contributed by atoms with Gasteiger partial charge in [0.15, 0.2) is 0 Å². The van der Waals surface area contributed by atoms with Gasteiger partial charge in [-0.25, -0.2) is 4.98 Å². The van der Waals surface area contributed by atoms with Gasteiger partial charge in [-0.1, -0.05) is 6.92 Å². The molecule has 1 aromatic rings. The van der Waals surface area contributed by atoms with Gasteiger partial charge in [-0.05, 0) is 32.2 Å². The number of nitrogens with one attached hydrogen (secondary N) is 1. The van der Waals surface area contributed by atoms with E-state index in [2.05, 4.69) is 22.1 Å². The third kappa shape index (κ3) is 2.72. The molecule has 1 aromatic heterocycles. The van der Waals surface area contributed by atoms with E-state index in [1.54, 1.807) is 0 Å². The second kappa shape index (κ2) is 5.77. The first kappa shape index (κ1) is 13.9. The van der Waals surface area contributed by atoms with Crippen molar-refractivity contribution in [3.05, 3.63) is 18.2 Å². The average molecular weight is 284 g/mol. The second-order valence-corrected chi connectivity index (χ2v) is 5.85. The minimum absolute atomic E-state index is 0.465. The summed E-state index contributed by atoms with van der Waals surface area (Å²) in [6, 6.07) is 1.71. The van der Waals surface area contributed by atoms with Crippen LogP contribution in [0.15, 0.2) is 12.4 Å². The summed E-state index contributed by atoms with van der Waals surface area (Å²) in [5, 5.41) is 3.62. The summed E-state index contributed by atoms with van der Waals surface area (Å²) in [5.74, 6) is 0.465. The van der Waals surface area contributed by atoms with E-state index < -0.39 is 6.55 Å². The highest BCUT2D eigenvalue weighted by Crippen LogP contribution is 2.30. The van der Waals surface area contributed by atoms with E-state index in [0.29, 0.717) is 30.5 Å². The quantitative estimate of drug-likeness (QED) is 0.901. The zero-order valence-corrected chi connectivity index (χ0v) is 11.8. The Morgan fingerprint density at radius 3 is 2.70 bits per heavy atom. The number of halogens is 2. The Morgan fingerprint density at radius 2 is 2.10 bits per heavy atom. The van der Waals surface area contributed by atoms with Crippen LogP contribution in [0.4, 0.5) is 8.78 Å². The maximum atomic E-state index is 12.9. The van der Waals surface area contributed by atoms with Crippen LogP contribution in [-0.4, -0.2) is 39.1 Å². The van der Waals surface area contributed by atoms with Gasteiger partial charge < -0.3 is 5.32 Å². The van der Waals surface area contributed by atoms with Crippen LogP contribution in [0.25, 0.3) is 0 Å². The van der Waals surface area contributed by atoms with Crippen LogP contribution >= 0.6 is 0 Å². The molecule has 0 saturated carbocycles. The molecule has 20 heavy (non-hydrogen) atoms. The van der Waals surface area contributed by atoms with Crippen LogP contribution in [0.5, 0.6) is 0 Å². The van der Waals surface area contributed by atoms with Crippen LogP contribution < -0.4 is 5.32 Å². The van der Waals surface area contributed by atoms with Gasteiger partial charge in [0.1, 0.15) is 5.82 Å². The van der Waals surface area contributed by atoms with E-state index in [1.165, 1.54) is 25.2 Å². The zero-order valence-electron chi connectivity index (χ0n) is 11.8. The maximum Gasteiger partial charge on any atom is 0.319 e. The lowest BCUT2D eigenvalue weighted by atomic mass is 9.98. The van der Waals surface area contributed by atoms with Crippen molar-refractivity contribution in [3.8, 4) is 0 Å². The minimum Gasteiger partial charge on any atom is -0.311 e. The maximum absolute atomic E-state index is 12.9. The lowest BCUT2D eigenvalue weighted by molar-refractivity contribution is 0.0602. The molecule has 2 aliphatic rings. The Morgan fingerprint density at radius 1 is 1.40 bits per heavy atom. The molecule has 0 radical (unpaired) electrons. The van der Waals surface area contributed by atoms with Gasteiger partial charge in [0.2, 0.25) is 0 Å². The van der Waals surface area contributed by atoms with Crippen molar-refractivity contribution >= 4 is 0 Å². The first-order chi connectivity index (χ1) is 9.67. The van der Waals surface area contributed by atoms with Gasteiger partial charge in [-0.2, -0.15) is 8.78 Å². The molecule has 2 bridgehead atoms. The fraction of sp³-hybridized carbons (Fsp3) is 0.786. The van der Waals surface area contributed by atoms with E-state index in [0.717, 1.165) is 24.0 Å². The predicted octanol–water partition coefficient (Wildman–Crippen LogP) is 2.38. The number of nitrogens with zero attached hydrogens (tertiary/aromatic N) is 3. The van der Waals surface area contributed by atoms with Crippen molar-refractivity contribution < 1.29 is 8.78 Å². The molecule has 112 valence electrons. The number of hydrogen-bond acceptors (Lipinski definition) is 3. The summed E-state index contributed by atoms with van der Waals surface area (Å²) in [6.45, 7) is 0.980. The number of alkyl halides is 2. The van der Waals surface area contributed by atoms with Gasteiger partial charge in [0.25, 0.3) is 0 Å². The van der Waals surface area contributed by atoms with E-state index in [4.69, 9.17) is 0 Å². The number of rotatable bonds is 5. The van der Waals surface area contributed by atoms with E-state index >= 15 is 0 Å². The van der Waals surface area contributed by atoms with Crippen LogP contribution in [-0.2, 0) is 6.54 Å². The predicted molar refractivity (Wildman–Crippen MR) is 72.5 cm³/mol. The summed E-state index contributed by atoms with van der Waals surface area (Å²) < 4.78 is 26.7. The highest BCUT2D eigenvalue weighted by atomic mass is 19.3. The minimum atomic E-state index is -2.50. The van der Waals surface area contributed by atoms with E-state index in [-0.39, 0.29) is 0 Å². The van der Waals surface area contributed by atoms with Crippen molar-refractivity contribution in [3.63, 3.8) is 0 Å². The monoisotopic (exact) mass is 284 g/mol.